The summed E-state index contributed by atoms with van der Waals surface area (Å²) in [5, 5.41) is 12.1. The second-order valence-electron chi connectivity index (χ2n) is 3.68. The number of carboxylic acids is 1. The number of halogens is 2. The average molecular weight is 246 g/mol. The van der Waals surface area contributed by atoms with Crippen molar-refractivity contribution in [1.82, 2.24) is 0 Å². The SMILES string of the molecule is CC(Nc1cc(F)ccc1Cl)C(C)C(=O)O. The van der Waals surface area contributed by atoms with Gasteiger partial charge in [-0.3, -0.25) is 4.79 Å². The molecule has 0 spiro atoms. The third-order valence-electron chi connectivity index (χ3n) is 2.45. The van der Waals surface area contributed by atoms with Crippen LogP contribution in [0.25, 0.3) is 0 Å². The lowest BCUT2D eigenvalue weighted by Crippen LogP contribution is -2.29. The fourth-order valence-electron chi connectivity index (χ4n) is 1.19. The fourth-order valence-corrected chi connectivity index (χ4v) is 1.36. The minimum absolute atomic E-state index is 0.336. The van der Waals surface area contributed by atoms with Crippen molar-refractivity contribution in [2.45, 2.75) is 19.9 Å². The molecule has 1 rings (SSSR count). The zero-order valence-electron chi connectivity index (χ0n) is 9.00. The third-order valence-corrected chi connectivity index (χ3v) is 2.78. The van der Waals surface area contributed by atoms with Gasteiger partial charge in [-0.05, 0) is 32.0 Å². The van der Waals surface area contributed by atoms with Crippen LogP contribution in [-0.2, 0) is 4.79 Å². The van der Waals surface area contributed by atoms with Crippen LogP contribution in [0, 0.1) is 11.7 Å². The standard InChI is InChI=1S/C11H13ClFNO2/c1-6(11(15)16)7(2)14-10-5-8(13)3-4-9(10)12/h3-7,14H,1-2H3,(H,15,16). The van der Waals surface area contributed by atoms with Crippen molar-refractivity contribution in [3.05, 3.63) is 29.0 Å². The number of rotatable bonds is 4. The third kappa shape index (κ3) is 3.10. The number of carbonyl (C=O) groups is 1. The Morgan fingerprint density at radius 3 is 2.69 bits per heavy atom. The topological polar surface area (TPSA) is 49.3 Å². The van der Waals surface area contributed by atoms with E-state index in [-0.39, 0.29) is 6.04 Å². The number of hydrogen-bond acceptors (Lipinski definition) is 2. The molecule has 1 aromatic rings. The Bertz CT molecular complexity index is 398. The van der Waals surface area contributed by atoms with Gasteiger partial charge < -0.3 is 10.4 Å². The largest absolute Gasteiger partial charge is 0.481 e. The van der Waals surface area contributed by atoms with Crippen molar-refractivity contribution in [1.29, 1.82) is 0 Å². The molecule has 0 bridgehead atoms. The maximum atomic E-state index is 12.9. The van der Waals surface area contributed by atoms with Gasteiger partial charge in [-0.1, -0.05) is 11.6 Å². The summed E-state index contributed by atoms with van der Waals surface area (Å²) in [5.74, 6) is -1.91. The van der Waals surface area contributed by atoms with Gasteiger partial charge in [0, 0.05) is 6.04 Å². The van der Waals surface area contributed by atoms with Crippen molar-refractivity contribution < 1.29 is 14.3 Å². The van der Waals surface area contributed by atoms with E-state index in [4.69, 9.17) is 16.7 Å². The van der Waals surface area contributed by atoms with Crippen LogP contribution >= 0.6 is 11.6 Å². The highest BCUT2D eigenvalue weighted by Gasteiger charge is 2.19. The molecule has 0 aromatic heterocycles. The lowest BCUT2D eigenvalue weighted by atomic mass is 10.0. The van der Waals surface area contributed by atoms with E-state index in [9.17, 15) is 9.18 Å². The van der Waals surface area contributed by atoms with Gasteiger partial charge in [0.2, 0.25) is 0 Å². The van der Waals surface area contributed by atoms with Crippen LogP contribution in [0.2, 0.25) is 5.02 Å². The van der Waals surface area contributed by atoms with Crippen LogP contribution < -0.4 is 5.32 Å². The smallest absolute Gasteiger partial charge is 0.308 e. The highest BCUT2D eigenvalue weighted by atomic mass is 35.5. The van der Waals surface area contributed by atoms with E-state index in [1.165, 1.54) is 18.2 Å². The van der Waals surface area contributed by atoms with Crippen LogP contribution in [0.15, 0.2) is 18.2 Å². The highest BCUT2D eigenvalue weighted by molar-refractivity contribution is 6.33. The summed E-state index contributed by atoms with van der Waals surface area (Å²) in [7, 11) is 0. The van der Waals surface area contributed by atoms with Crippen LogP contribution in [0.4, 0.5) is 10.1 Å². The van der Waals surface area contributed by atoms with Gasteiger partial charge in [-0.25, -0.2) is 4.39 Å². The fraction of sp³-hybridized carbons (Fsp3) is 0.364. The summed E-state index contributed by atoms with van der Waals surface area (Å²) in [6.07, 6.45) is 0. The van der Waals surface area contributed by atoms with Crippen molar-refractivity contribution >= 4 is 23.3 Å². The summed E-state index contributed by atoms with van der Waals surface area (Å²) in [4.78, 5) is 10.7. The Morgan fingerprint density at radius 2 is 2.12 bits per heavy atom. The molecule has 0 radical (unpaired) electrons. The molecule has 16 heavy (non-hydrogen) atoms. The Hall–Kier alpha value is -1.29. The molecule has 0 fully saturated rings. The number of aliphatic carboxylic acids is 1. The molecule has 0 saturated carbocycles. The number of hydrogen-bond donors (Lipinski definition) is 2. The van der Waals surface area contributed by atoms with Gasteiger partial charge in [-0.2, -0.15) is 0 Å². The van der Waals surface area contributed by atoms with Gasteiger partial charge >= 0.3 is 5.97 Å². The molecular weight excluding hydrogens is 233 g/mol. The Kier molecular flexibility index (Phi) is 4.12. The van der Waals surface area contributed by atoms with Gasteiger partial charge in [0.25, 0.3) is 0 Å². The van der Waals surface area contributed by atoms with Crippen LogP contribution in [0.5, 0.6) is 0 Å². The summed E-state index contributed by atoms with van der Waals surface area (Å²) in [6.45, 7) is 3.28. The summed E-state index contributed by atoms with van der Waals surface area (Å²) in [6, 6.07) is 3.58. The molecule has 3 nitrogen and oxygen atoms in total. The minimum atomic E-state index is -0.910. The quantitative estimate of drug-likeness (QED) is 0.857. The van der Waals surface area contributed by atoms with E-state index in [0.29, 0.717) is 10.7 Å². The first-order valence-electron chi connectivity index (χ1n) is 4.86. The Labute approximate surface area is 98.2 Å². The van der Waals surface area contributed by atoms with E-state index in [0.717, 1.165) is 0 Å². The Balaban J connectivity index is 2.80. The average Bonchev–Trinajstić information content (AvgIpc) is 2.22. The monoisotopic (exact) mass is 245 g/mol. The molecule has 2 unspecified atom stereocenters. The van der Waals surface area contributed by atoms with E-state index in [2.05, 4.69) is 5.32 Å². The van der Waals surface area contributed by atoms with Gasteiger partial charge in [0.15, 0.2) is 0 Å². The predicted molar refractivity (Wildman–Crippen MR) is 61.3 cm³/mol. The molecule has 0 amide bonds. The first kappa shape index (κ1) is 12.8. The maximum Gasteiger partial charge on any atom is 0.308 e. The molecule has 0 heterocycles. The summed E-state index contributed by atoms with van der Waals surface area (Å²) < 4.78 is 12.9. The van der Waals surface area contributed by atoms with E-state index in [1.807, 2.05) is 0 Å². The van der Waals surface area contributed by atoms with E-state index in [1.54, 1.807) is 13.8 Å². The van der Waals surface area contributed by atoms with Gasteiger partial charge in [0.1, 0.15) is 5.82 Å². The first-order chi connectivity index (χ1) is 7.41. The molecule has 0 aliphatic heterocycles. The van der Waals surface area contributed by atoms with Gasteiger partial charge in [-0.15, -0.1) is 0 Å². The van der Waals surface area contributed by atoms with Gasteiger partial charge in [0.05, 0.1) is 16.6 Å². The molecule has 0 saturated heterocycles. The van der Waals surface area contributed by atoms with Crippen LogP contribution in [0.3, 0.4) is 0 Å². The normalized spacial score (nSPS) is 14.2. The molecular formula is C11H13ClFNO2. The maximum absolute atomic E-state index is 12.9. The Morgan fingerprint density at radius 1 is 1.50 bits per heavy atom. The van der Waals surface area contributed by atoms with E-state index < -0.39 is 17.7 Å². The second kappa shape index (κ2) is 5.16. The lowest BCUT2D eigenvalue weighted by molar-refractivity contribution is -0.141. The molecule has 88 valence electrons. The molecule has 5 heteroatoms. The van der Waals surface area contributed by atoms with Crippen molar-refractivity contribution in [2.24, 2.45) is 5.92 Å². The minimum Gasteiger partial charge on any atom is -0.481 e. The number of anilines is 1. The molecule has 2 N–H and O–H groups in total. The zero-order chi connectivity index (χ0) is 12.3. The number of nitrogens with one attached hydrogen (secondary N) is 1. The highest BCUT2D eigenvalue weighted by Crippen LogP contribution is 2.24. The second-order valence-corrected chi connectivity index (χ2v) is 4.09. The van der Waals surface area contributed by atoms with E-state index >= 15 is 0 Å². The number of carboxylic acid groups (broad SMARTS) is 1. The predicted octanol–water partition coefficient (Wildman–Crippen LogP) is 3.00. The van der Waals surface area contributed by atoms with Crippen LogP contribution in [-0.4, -0.2) is 17.1 Å². The van der Waals surface area contributed by atoms with Crippen molar-refractivity contribution in [3.8, 4) is 0 Å². The molecule has 0 aliphatic carbocycles. The molecule has 0 aliphatic rings. The lowest BCUT2D eigenvalue weighted by Gasteiger charge is -2.19. The summed E-state index contributed by atoms with van der Waals surface area (Å²) >= 11 is 5.85. The first-order valence-corrected chi connectivity index (χ1v) is 5.24. The zero-order valence-corrected chi connectivity index (χ0v) is 9.75. The van der Waals surface area contributed by atoms with Crippen molar-refractivity contribution in [2.75, 3.05) is 5.32 Å². The molecule has 1 aromatic carbocycles. The summed E-state index contributed by atoms with van der Waals surface area (Å²) in [5.41, 5.74) is 0.405. The van der Waals surface area contributed by atoms with Crippen LogP contribution in [0.1, 0.15) is 13.8 Å². The number of benzene rings is 1. The van der Waals surface area contributed by atoms with Crippen molar-refractivity contribution in [3.63, 3.8) is 0 Å². The molecule has 2 atom stereocenters.